The fourth-order valence-electron chi connectivity index (χ4n) is 3.29. The molecule has 7 nitrogen and oxygen atoms in total. The molecule has 26 heavy (non-hydrogen) atoms. The first-order chi connectivity index (χ1) is 12.5. The van der Waals surface area contributed by atoms with Crippen molar-refractivity contribution in [3.63, 3.8) is 0 Å². The van der Waals surface area contributed by atoms with Crippen molar-refractivity contribution < 1.29 is 9.59 Å². The van der Waals surface area contributed by atoms with Crippen LogP contribution in [-0.4, -0.2) is 27.0 Å². The van der Waals surface area contributed by atoms with Gasteiger partial charge in [-0.2, -0.15) is 5.10 Å². The lowest BCUT2D eigenvalue weighted by Gasteiger charge is -2.34. The van der Waals surface area contributed by atoms with Crippen molar-refractivity contribution in [2.24, 2.45) is 0 Å². The van der Waals surface area contributed by atoms with Gasteiger partial charge in [0.1, 0.15) is 0 Å². The minimum Gasteiger partial charge on any atom is -0.313 e. The number of aromatic nitrogens is 2. The molecule has 0 bridgehead atoms. The predicted molar refractivity (Wildman–Crippen MR) is 99.8 cm³/mol. The highest BCUT2D eigenvalue weighted by Crippen LogP contribution is 2.34. The van der Waals surface area contributed by atoms with Crippen molar-refractivity contribution >= 4 is 34.3 Å². The van der Waals surface area contributed by atoms with Crippen molar-refractivity contribution in [1.82, 2.24) is 15.1 Å². The molecule has 7 heteroatoms. The number of benzene rings is 2. The fraction of sp³-hybridized carbons (Fsp3) is 0.211. The molecular weight excluding hydrogens is 330 g/mol. The highest BCUT2D eigenvalue weighted by molar-refractivity contribution is 6.02. The second-order valence-corrected chi connectivity index (χ2v) is 6.45. The normalized spacial score (nSPS) is 14.7. The zero-order chi connectivity index (χ0) is 18.3. The SMILES string of the molecule is CC(=O)Nc1n[nH]c2cc3c(cc12)CN([C@H](C)c1ccccc1)C(=O)N3. The molecule has 0 fully saturated rings. The van der Waals surface area contributed by atoms with Crippen LogP contribution in [0, 0.1) is 0 Å². The Hall–Kier alpha value is -3.35. The molecule has 0 saturated carbocycles. The summed E-state index contributed by atoms with van der Waals surface area (Å²) >= 11 is 0. The fourth-order valence-corrected chi connectivity index (χ4v) is 3.29. The summed E-state index contributed by atoms with van der Waals surface area (Å²) in [5.74, 6) is 0.318. The molecule has 2 heterocycles. The summed E-state index contributed by atoms with van der Waals surface area (Å²) in [4.78, 5) is 25.7. The van der Waals surface area contributed by atoms with Crippen LogP contribution in [0.2, 0.25) is 0 Å². The van der Waals surface area contributed by atoms with E-state index in [0.29, 0.717) is 12.4 Å². The number of aromatic amines is 1. The van der Waals surface area contributed by atoms with Gasteiger partial charge in [0.2, 0.25) is 5.91 Å². The van der Waals surface area contributed by atoms with Gasteiger partial charge in [-0.25, -0.2) is 4.79 Å². The smallest absolute Gasteiger partial charge is 0.313 e. The van der Waals surface area contributed by atoms with E-state index in [1.807, 2.05) is 49.4 Å². The van der Waals surface area contributed by atoms with Gasteiger partial charge in [-0.15, -0.1) is 0 Å². The Balaban J connectivity index is 1.70. The zero-order valence-electron chi connectivity index (χ0n) is 14.5. The van der Waals surface area contributed by atoms with Crippen LogP contribution in [0.4, 0.5) is 16.3 Å². The molecule has 1 aliphatic heterocycles. The van der Waals surface area contributed by atoms with Crippen LogP contribution in [0.5, 0.6) is 0 Å². The average molecular weight is 349 g/mol. The van der Waals surface area contributed by atoms with E-state index in [-0.39, 0.29) is 18.0 Å². The molecule has 3 aromatic rings. The summed E-state index contributed by atoms with van der Waals surface area (Å²) in [6.07, 6.45) is 0. The van der Waals surface area contributed by atoms with Crippen LogP contribution < -0.4 is 10.6 Å². The number of urea groups is 1. The zero-order valence-corrected chi connectivity index (χ0v) is 14.5. The van der Waals surface area contributed by atoms with Crippen LogP contribution in [-0.2, 0) is 11.3 Å². The van der Waals surface area contributed by atoms with Crippen molar-refractivity contribution in [2.75, 3.05) is 10.6 Å². The number of anilines is 2. The van der Waals surface area contributed by atoms with Crippen LogP contribution in [0.25, 0.3) is 10.9 Å². The van der Waals surface area contributed by atoms with Crippen molar-refractivity contribution in [1.29, 1.82) is 0 Å². The van der Waals surface area contributed by atoms with Crippen molar-refractivity contribution in [3.8, 4) is 0 Å². The number of amides is 3. The summed E-state index contributed by atoms with van der Waals surface area (Å²) in [6, 6.07) is 13.6. The molecule has 132 valence electrons. The molecule has 1 aromatic heterocycles. The summed E-state index contributed by atoms with van der Waals surface area (Å²) in [7, 11) is 0. The number of H-pyrrole nitrogens is 1. The molecule has 0 aliphatic carbocycles. The van der Waals surface area contributed by atoms with Gasteiger partial charge in [0.15, 0.2) is 5.82 Å². The standard InChI is InChI=1S/C19H19N5O2/c1-11(13-6-4-3-5-7-13)24-10-14-8-15-17(9-16(14)21-19(24)26)22-23-18(15)20-12(2)25/h3-9,11H,10H2,1-2H3,(H,21,26)(H2,20,22,23,25)/t11-/m1/s1. The minimum absolute atomic E-state index is 0.0563. The third-order valence-corrected chi connectivity index (χ3v) is 4.67. The van der Waals surface area contributed by atoms with Gasteiger partial charge in [-0.05, 0) is 30.2 Å². The van der Waals surface area contributed by atoms with Crippen molar-refractivity contribution in [2.45, 2.75) is 26.4 Å². The number of nitrogens with one attached hydrogen (secondary N) is 3. The molecule has 3 amide bonds. The molecule has 4 rings (SSSR count). The Morgan fingerprint density at radius 2 is 2.04 bits per heavy atom. The lowest BCUT2D eigenvalue weighted by atomic mass is 10.0. The minimum atomic E-state index is -0.177. The van der Waals surface area contributed by atoms with Gasteiger partial charge in [-0.3, -0.25) is 9.89 Å². The Labute approximate surface area is 150 Å². The number of carbonyl (C=O) groups excluding carboxylic acids is 2. The van der Waals surface area contributed by atoms with E-state index in [4.69, 9.17) is 0 Å². The second kappa shape index (κ2) is 6.18. The number of rotatable bonds is 3. The predicted octanol–water partition coefficient (Wildman–Crippen LogP) is 3.63. The summed E-state index contributed by atoms with van der Waals surface area (Å²) in [5.41, 5.74) is 3.58. The quantitative estimate of drug-likeness (QED) is 0.674. The largest absolute Gasteiger partial charge is 0.322 e. The van der Waals surface area contributed by atoms with E-state index in [1.54, 1.807) is 4.90 Å². The molecule has 1 atom stereocenters. The van der Waals surface area contributed by atoms with Crippen molar-refractivity contribution in [3.05, 3.63) is 53.6 Å². The van der Waals surface area contributed by atoms with E-state index in [0.717, 1.165) is 27.7 Å². The lowest BCUT2D eigenvalue weighted by molar-refractivity contribution is -0.114. The summed E-state index contributed by atoms with van der Waals surface area (Å²) < 4.78 is 0. The number of nitrogens with zero attached hydrogens (tertiary/aromatic N) is 2. The van der Waals surface area contributed by atoms with E-state index < -0.39 is 0 Å². The van der Waals surface area contributed by atoms with Crippen LogP contribution in [0.1, 0.15) is 31.0 Å². The topological polar surface area (TPSA) is 90.1 Å². The Morgan fingerprint density at radius 1 is 1.27 bits per heavy atom. The van der Waals surface area contributed by atoms with Gasteiger partial charge in [-0.1, -0.05) is 30.3 Å². The summed E-state index contributed by atoms with van der Waals surface area (Å²) in [5, 5.41) is 13.5. The van der Waals surface area contributed by atoms with E-state index in [2.05, 4.69) is 20.8 Å². The molecule has 0 unspecified atom stereocenters. The first-order valence-corrected chi connectivity index (χ1v) is 8.44. The highest BCUT2D eigenvalue weighted by Gasteiger charge is 2.28. The summed E-state index contributed by atoms with van der Waals surface area (Å²) in [6.45, 7) is 3.94. The molecule has 0 radical (unpaired) electrons. The van der Waals surface area contributed by atoms with Gasteiger partial charge in [0.25, 0.3) is 0 Å². The molecular formula is C19H19N5O2. The first kappa shape index (κ1) is 16.1. The molecule has 2 aromatic carbocycles. The maximum atomic E-state index is 12.6. The van der Waals surface area contributed by atoms with Crippen LogP contribution in [0.15, 0.2) is 42.5 Å². The third kappa shape index (κ3) is 2.77. The third-order valence-electron chi connectivity index (χ3n) is 4.67. The van der Waals surface area contributed by atoms with Crippen LogP contribution >= 0.6 is 0 Å². The molecule has 0 spiro atoms. The molecule has 1 aliphatic rings. The molecule has 0 saturated heterocycles. The van der Waals surface area contributed by atoms with E-state index in [9.17, 15) is 9.59 Å². The van der Waals surface area contributed by atoms with Gasteiger partial charge in [0, 0.05) is 18.0 Å². The number of hydrogen-bond acceptors (Lipinski definition) is 3. The number of fused-ring (bicyclic) bond motifs is 2. The molecule has 3 N–H and O–H groups in total. The van der Waals surface area contributed by atoms with Crippen LogP contribution in [0.3, 0.4) is 0 Å². The maximum Gasteiger partial charge on any atom is 0.322 e. The van der Waals surface area contributed by atoms with Gasteiger partial charge < -0.3 is 15.5 Å². The lowest BCUT2D eigenvalue weighted by Crippen LogP contribution is -2.40. The Morgan fingerprint density at radius 3 is 2.77 bits per heavy atom. The van der Waals surface area contributed by atoms with Gasteiger partial charge in [0.05, 0.1) is 18.1 Å². The Bertz CT molecular complexity index is 996. The Kier molecular flexibility index (Phi) is 3.84. The number of carbonyl (C=O) groups is 2. The highest BCUT2D eigenvalue weighted by atomic mass is 16.2. The maximum absolute atomic E-state index is 12.6. The monoisotopic (exact) mass is 349 g/mol. The number of hydrogen-bond donors (Lipinski definition) is 3. The first-order valence-electron chi connectivity index (χ1n) is 8.44. The van der Waals surface area contributed by atoms with E-state index >= 15 is 0 Å². The second-order valence-electron chi connectivity index (χ2n) is 6.45. The van der Waals surface area contributed by atoms with Gasteiger partial charge >= 0.3 is 6.03 Å². The van der Waals surface area contributed by atoms with E-state index in [1.165, 1.54) is 6.92 Å². The average Bonchev–Trinajstić information content (AvgIpc) is 3.00.